The smallest absolute Gasteiger partial charge is 0.234 e. The molecule has 2 saturated heterocycles. The lowest BCUT2D eigenvalue weighted by molar-refractivity contribution is -0.134. The second kappa shape index (κ2) is 10.9. The number of piperidine rings is 2. The van der Waals surface area contributed by atoms with Gasteiger partial charge in [0.15, 0.2) is 0 Å². The molecular formula is C23H31N3O4. The van der Waals surface area contributed by atoms with Crippen molar-refractivity contribution in [3.63, 3.8) is 0 Å². The van der Waals surface area contributed by atoms with Crippen LogP contribution < -0.4 is 10.6 Å². The molecular weight excluding hydrogens is 382 g/mol. The molecule has 162 valence electrons. The third kappa shape index (κ3) is 6.40. The number of hydrogen-bond donors (Lipinski definition) is 2. The van der Waals surface area contributed by atoms with Crippen molar-refractivity contribution < 1.29 is 19.2 Å². The zero-order chi connectivity index (χ0) is 21.3. The minimum absolute atomic E-state index is 0.0715. The number of carbonyl (C=O) groups is 4. The van der Waals surface area contributed by atoms with Crippen LogP contribution in [0.4, 0.5) is 5.69 Å². The molecule has 0 bridgehead atoms. The van der Waals surface area contributed by atoms with E-state index in [0.29, 0.717) is 31.4 Å². The number of amides is 4. The van der Waals surface area contributed by atoms with Gasteiger partial charge in [-0.25, -0.2) is 0 Å². The van der Waals surface area contributed by atoms with Gasteiger partial charge in [0.05, 0.1) is 5.92 Å². The highest BCUT2D eigenvalue weighted by Gasteiger charge is 2.28. The molecule has 7 heteroatoms. The van der Waals surface area contributed by atoms with Gasteiger partial charge in [0.1, 0.15) is 0 Å². The monoisotopic (exact) mass is 413 g/mol. The highest BCUT2D eigenvalue weighted by Crippen LogP contribution is 2.26. The number of anilines is 1. The van der Waals surface area contributed by atoms with E-state index in [1.54, 1.807) is 18.2 Å². The zero-order valence-corrected chi connectivity index (χ0v) is 17.5. The van der Waals surface area contributed by atoms with Gasteiger partial charge in [-0.05, 0) is 56.2 Å². The van der Waals surface area contributed by atoms with E-state index in [4.69, 9.17) is 0 Å². The molecule has 0 spiro atoms. The van der Waals surface area contributed by atoms with Crippen LogP contribution in [0.15, 0.2) is 24.3 Å². The van der Waals surface area contributed by atoms with Crippen molar-refractivity contribution in [1.29, 1.82) is 0 Å². The molecule has 0 saturated carbocycles. The first-order valence-corrected chi connectivity index (χ1v) is 11.0. The molecule has 30 heavy (non-hydrogen) atoms. The van der Waals surface area contributed by atoms with Crippen LogP contribution >= 0.6 is 0 Å². The Bertz CT molecular complexity index is 786. The fourth-order valence-electron chi connectivity index (χ4n) is 4.11. The Kier molecular flexibility index (Phi) is 7.99. The number of rotatable bonds is 8. The Morgan fingerprint density at radius 1 is 1.03 bits per heavy atom. The minimum atomic E-state index is -0.364. The number of carbonyl (C=O) groups excluding carboxylic acids is 4. The molecule has 1 aromatic rings. The molecule has 1 unspecified atom stereocenters. The maximum absolute atomic E-state index is 12.2. The van der Waals surface area contributed by atoms with Crippen molar-refractivity contribution in [2.75, 3.05) is 18.4 Å². The second-order valence-electron chi connectivity index (χ2n) is 8.18. The van der Waals surface area contributed by atoms with Gasteiger partial charge in [-0.1, -0.05) is 18.6 Å². The maximum atomic E-state index is 12.2. The fourth-order valence-corrected chi connectivity index (χ4v) is 4.11. The molecule has 7 nitrogen and oxygen atoms in total. The first-order valence-electron chi connectivity index (χ1n) is 11.0. The molecule has 4 amide bonds. The quantitative estimate of drug-likeness (QED) is 0.506. The summed E-state index contributed by atoms with van der Waals surface area (Å²) in [5, 5.41) is 5.25. The van der Waals surface area contributed by atoms with Crippen molar-refractivity contribution in [3.05, 3.63) is 29.8 Å². The normalized spacial score (nSPS) is 19.3. The number of hydrogen-bond acceptors (Lipinski definition) is 4. The Labute approximate surface area is 177 Å². The van der Waals surface area contributed by atoms with Gasteiger partial charge in [0.2, 0.25) is 23.6 Å². The number of benzene rings is 1. The van der Waals surface area contributed by atoms with Gasteiger partial charge in [-0.3, -0.25) is 24.5 Å². The van der Waals surface area contributed by atoms with E-state index in [9.17, 15) is 19.2 Å². The average molecular weight is 414 g/mol. The largest absolute Gasteiger partial charge is 0.343 e. The van der Waals surface area contributed by atoms with Crippen LogP contribution in [-0.4, -0.2) is 41.6 Å². The number of nitrogens with zero attached hydrogens (tertiary/aromatic N) is 1. The topological polar surface area (TPSA) is 95.6 Å². The molecule has 2 heterocycles. The first-order chi connectivity index (χ1) is 14.5. The van der Waals surface area contributed by atoms with Crippen molar-refractivity contribution >= 4 is 29.3 Å². The zero-order valence-electron chi connectivity index (χ0n) is 17.5. The van der Waals surface area contributed by atoms with Gasteiger partial charge in [0, 0.05) is 38.0 Å². The van der Waals surface area contributed by atoms with Gasteiger partial charge >= 0.3 is 0 Å². The number of unbranched alkanes of at least 4 members (excludes halogenated alkanes) is 2. The first kappa shape index (κ1) is 22.0. The van der Waals surface area contributed by atoms with Crippen LogP contribution in [0.5, 0.6) is 0 Å². The molecule has 2 aliphatic rings. The molecule has 1 atom stereocenters. The highest BCUT2D eigenvalue weighted by atomic mass is 16.2. The lowest BCUT2D eigenvalue weighted by Crippen LogP contribution is -2.39. The Balaban J connectivity index is 1.37. The lowest BCUT2D eigenvalue weighted by Gasteiger charge is -2.26. The van der Waals surface area contributed by atoms with Crippen molar-refractivity contribution in [2.24, 2.45) is 0 Å². The number of imide groups is 1. The molecule has 0 radical (unpaired) electrons. The predicted molar refractivity (Wildman–Crippen MR) is 114 cm³/mol. The van der Waals surface area contributed by atoms with Crippen molar-refractivity contribution in [1.82, 2.24) is 10.2 Å². The SMILES string of the molecule is O=C1CCC(c2cccc(NC(=O)CCCCCC(=O)N3CCCCC3)c2)C(=O)N1. The third-order valence-electron chi connectivity index (χ3n) is 5.82. The third-order valence-corrected chi connectivity index (χ3v) is 5.82. The summed E-state index contributed by atoms with van der Waals surface area (Å²) in [5.74, 6) is -0.716. The predicted octanol–water partition coefficient (Wildman–Crippen LogP) is 3.11. The summed E-state index contributed by atoms with van der Waals surface area (Å²) >= 11 is 0. The van der Waals surface area contributed by atoms with Gasteiger partial charge in [-0.2, -0.15) is 0 Å². The molecule has 2 aliphatic heterocycles. The summed E-state index contributed by atoms with van der Waals surface area (Å²) in [6, 6.07) is 7.25. The molecule has 0 aliphatic carbocycles. The summed E-state index contributed by atoms with van der Waals surface area (Å²) < 4.78 is 0. The van der Waals surface area contributed by atoms with Gasteiger partial charge < -0.3 is 10.2 Å². The minimum Gasteiger partial charge on any atom is -0.343 e. The van der Waals surface area contributed by atoms with Crippen molar-refractivity contribution in [2.45, 2.75) is 70.1 Å². The van der Waals surface area contributed by atoms with Gasteiger partial charge in [-0.15, -0.1) is 0 Å². The van der Waals surface area contributed by atoms with Crippen LogP contribution in [0.1, 0.15) is 75.7 Å². The van der Waals surface area contributed by atoms with E-state index in [1.165, 1.54) is 6.42 Å². The Hall–Kier alpha value is -2.70. The van der Waals surface area contributed by atoms with Crippen molar-refractivity contribution in [3.8, 4) is 0 Å². The Morgan fingerprint density at radius 3 is 2.57 bits per heavy atom. The summed E-state index contributed by atoms with van der Waals surface area (Å²) in [6.07, 6.45) is 7.62. The van der Waals surface area contributed by atoms with Crippen LogP contribution in [-0.2, 0) is 19.2 Å². The van der Waals surface area contributed by atoms with Crippen LogP contribution in [0, 0.1) is 0 Å². The molecule has 2 N–H and O–H groups in total. The summed E-state index contributed by atoms with van der Waals surface area (Å²) in [4.78, 5) is 49.7. The lowest BCUT2D eigenvalue weighted by atomic mass is 9.90. The Morgan fingerprint density at radius 2 is 1.80 bits per heavy atom. The summed E-state index contributed by atoms with van der Waals surface area (Å²) in [7, 11) is 0. The molecule has 0 aromatic heterocycles. The second-order valence-corrected chi connectivity index (χ2v) is 8.18. The van der Waals surface area contributed by atoms with Crippen LogP contribution in [0.3, 0.4) is 0 Å². The summed E-state index contributed by atoms with van der Waals surface area (Å²) in [6.45, 7) is 1.78. The average Bonchev–Trinajstić information content (AvgIpc) is 2.74. The summed E-state index contributed by atoms with van der Waals surface area (Å²) in [5.41, 5.74) is 1.46. The standard InChI is InChI=1S/C23H31N3O4/c27-20(10-3-1-4-11-22(29)26-14-5-2-6-15-26)24-18-9-7-8-17(16-18)19-12-13-21(28)25-23(19)30/h7-9,16,19H,1-6,10-15H2,(H,24,27)(H,25,28,30). The maximum Gasteiger partial charge on any atom is 0.234 e. The van der Waals surface area contributed by atoms with E-state index in [1.807, 2.05) is 11.0 Å². The molecule has 1 aromatic carbocycles. The molecule has 3 rings (SSSR count). The van der Waals surface area contributed by atoms with E-state index >= 15 is 0 Å². The van der Waals surface area contributed by atoms with E-state index in [0.717, 1.165) is 50.8 Å². The highest BCUT2D eigenvalue weighted by molar-refractivity contribution is 6.01. The van der Waals surface area contributed by atoms with E-state index < -0.39 is 0 Å². The van der Waals surface area contributed by atoms with Gasteiger partial charge in [0.25, 0.3) is 0 Å². The van der Waals surface area contributed by atoms with E-state index in [2.05, 4.69) is 10.6 Å². The number of nitrogens with one attached hydrogen (secondary N) is 2. The molecule has 2 fully saturated rings. The fraction of sp³-hybridized carbons (Fsp3) is 0.565. The van der Waals surface area contributed by atoms with Crippen LogP contribution in [0.2, 0.25) is 0 Å². The number of likely N-dealkylation sites (tertiary alicyclic amines) is 1. The van der Waals surface area contributed by atoms with E-state index in [-0.39, 0.29) is 29.5 Å². The van der Waals surface area contributed by atoms with Crippen LogP contribution in [0.25, 0.3) is 0 Å².